The van der Waals surface area contributed by atoms with Crippen LogP contribution in [0.1, 0.15) is 36.5 Å². The molecular formula is C23H22N4O2. The summed E-state index contributed by atoms with van der Waals surface area (Å²) in [6, 6.07) is 15.7. The van der Waals surface area contributed by atoms with E-state index in [0.29, 0.717) is 12.4 Å². The van der Waals surface area contributed by atoms with Crippen molar-refractivity contribution in [3.63, 3.8) is 0 Å². The Hall–Kier alpha value is -3.41. The first kappa shape index (κ1) is 17.7. The molecule has 3 aromatic rings. The zero-order valence-electron chi connectivity index (χ0n) is 16.5. The van der Waals surface area contributed by atoms with Gasteiger partial charge in [-0.25, -0.2) is 4.68 Å². The lowest BCUT2D eigenvalue weighted by atomic mass is 9.72. The molecule has 1 N–H and O–H groups in total. The first-order valence-corrected chi connectivity index (χ1v) is 9.93. The number of hydrogen-bond acceptors (Lipinski definition) is 3. The standard InChI is InChI=1S/C23H22N4O2/c1-3-12-26-19-11-7-5-9-16(19)23(22(26)29)13-20(28)25-21-17(23)14-24-27(21)18-10-6-4-8-15(18)2/h4-11,14H,3,12-13H2,1-2H3,(H,25,28)/t23-/m0/s1. The molecule has 0 unspecified atom stereocenters. The summed E-state index contributed by atoms with van der Waals surface area (Å²) in [4.78, 5) is 28.4. The molecule has 2 aliphatic heterocycles. The van der Waals surface area contributed by atoms with Crippen LogP contribution in [0.4, 0.5) is 11.5 Å². The first-order valence-electron chi connectivity index (χ1n) is 9.93. The number of anilines is 2. The van der Waals surface area contributed by atoms with Crippen LogP contribution in [0.15, 0.2) is 54.7 Å². The average molecular weight is 386 g/mol. The van der Waals surface area contributed by atoms with Gasteiger partial charge in [-0.05, 0) is 36.6 Å². The summed E-state index contributed by atoms with van der Waals surface area (Å²) in [5.41, 5.74) is 3.44. The number of para-hydroxylation sites is 2. The molecular weight excluding hydrogens is 364 g/mol. The number of aryl methyl sites for hydroxylation is 1. The number of carbonyl (C=O) groups is 2. The maximum Gasteiger partial charge on any atom is 0.242 e. The molecule has 0 fully saturated rings. The Balaban J connectivity index is 1.77. The maximum absolute atomic E-state index is 13.8. The van der Waals surface area contributed by atoms with E-state index in [-0.39, 0.29) is 18.2 Å². The third-order valence-electron chi connectivity index (χ3n) is 5.97. The maximum atomic E-state index is 13.8. The molecule has 146 valence electrons. The number of carbonyl (C=O) groups excluding carboxylic acids is 2. The molecule has 0 radical (unpaired) electrons. The summed E-state index contributed by atoms with van der Waals surface area (Å²) in [6.45, 7) is 4.68. The van der Waals surface area contributed by atoms with Gasteiger partial charge in [0, 0.05) is 24.2 Å². The highest BCUT2D eigenvalue weighted by molar-refractivity contribution is 6.15. The molecule has 2 aromatic carbocycles. The fourth-order valence-electron chi connectivity index (χ4n) is 4.68. The van der Waals surface area contributed by atoms with E-state index in [2.05, 4.69) is 17.3 Å². The minimum Gasteiger partial charge on any atom is -0.311 e. The van der Waals surface area contributed by atoms with Crippen LogP contribution in [0.2, 0.25) is 0 Å². The summed E-state index contributed by atoms with van der Waals surface area (Å²) in [6.07, 6.45) is 2.68. The Morgan fingerprint density at radius 3 is 2.52 bits per heavy atom. The van der Waals surface area contributed by atoms with E-state index in [4.69, 9.17) is 0 Å². The molecule has 0 saturated carbocycles. The molecule has 0 aliphatic carbocycles. The predicted octanol–water partition coefficient (Wildman–Crippen LogP) is 3.57. The van der Waals surface area contributed by atoms with Crippen LogP contribution in [0, 0.1) is 6.92 Å². The largest absolute Gasteiger partial charge is 0.311 e. The van der Waals surface area contributed by atoms with Crippen LogP contribution in [-0.2, 0) is 15.0 Å². The zero-order valence-corrected chi connectivity index (χ0v) is 16.5. The van der Waals surface area contributed by atoms with Gasteiger partial charge in [0.2, 0.25) is 11.8 Å². The molecule has 0 bridgehead atoms. The van der Waals surface area contributed by atoms with E-state index in [1.807, 2.05) is 60.4 Å². The second-order valence-electron chi connectivity index (χ2n) is 7.71. The topological polar surface area (TPSA) is 67.2 Å². The normalized spacial score (nSPS) is 20.0. The van der Waals surface area contributed by atoms with E-state index < -0.39 is 5.41 Å². The van der Waals surface area contributed by atoms with Gasteiger partial charge in [-0.3, -0.25) is 9.59 Å². The van der Waals surface area contributed by atoms with Crippen molar-refractivity contribution in [1.82, 2.24) is 9.78 Å². The van der Waals surface area contributed by atoms with E-state index >= 15 is 0 Å². The molecule has 3 heterocycles. The number of fused-ring (bicyclic) bond motifs is 4. The third-order valence-corrected chi connectivity index (χ3v) is 5.97. The monoisotopic (exact) mass is 386 g/mol. The summed E-state index contributed by atoms with van der Waals surface area (Å²) in [7, 11) is 0. The van der Waals surface area contributed by atoms with Crippen molar-refractivity contribution in [2.24, 2.45) is 0 Å². The summed E-state index contributed by atoms with van der Waals surface area (Å²) in [5, 5.41) is 7.57. The van der Waals surface area contributed by atoms with Gasteiger partial charge in [-0.15, -0.1) is 0 Å². The van der Waals surface area contributed by atoms with Gasteiger partial charge in [0.1, 0.15) is 11.2 Å². The molecule has 5 rings (SSSR count). The van der Waals surface area contributed by atoms with Gasteiger partial charge in [0.25, 0.3) is 0 Å². The van der Waals surface area contributed by atoms with Crippen molar-refractivity contribution in [2.45, 2.75) is 32.1 Å². The van der Waals surface area contributed by atoms with Crippen molar-refractivity contribution < 1.29 is 9.59 Å². The Bertz CT molecular complexity index is 1150. The van der Waals surface area contributed by atoms with Crippen molar-refractivity contribution in [1.29, 1.82) is 0 Å². The van der Waals surface area contributed by atoms with Crippen LogP contribution in [0.5, 0.6) is 0 Å². The third kappa shape index (κ3) is 2.32. The van der Waals surface area contributed by atoms with E-state index in [9.17, 15) is 9.59 Å². The highest BCUT2D eigenvalue weighted by Gasteiger charge is 2.56. The molecule has 2 amide bonds. The zero-order chi connectivity index (χ0) is 20.2. The summed E-state index contributed by atoms with van der Waals surface area (Å²) >= 11 is 0. The number of nitrogens with zero attached hydrogens (tertiary/aromatic N) is 3. The fraction of sp³-hybridized carbons (Fsp3) is 0.261. The number of rotatable bonds is 3. The van der Waals surface area contributed by atoms with Gasteiger partial charge in [0.05, 0.1) is 11.9 Å². The lowest BCUT2D eigenvalue weighted by Gasteiger charge is -2.32. The van der Waals surface area contributed by atoms with Crippen LogP contribution < -0.4 is 10.2 Å². The number of aromatic nitrogens is 2. The second-order valence-corrected chi connectivity index (χ2v) is 7.71. The number of nitrogens with one attached hydrogen (secondary N) is 1. The van der Waals surface area contributed by atoms with E-state index in [1.54, 1.807) is 10.9 Å². The minimum atomic E-state index is -1.02. The predicted molar refractivity (Wildman–Crippen MR) is 111 cm³/mol. The SMILES string of the molecule is CCCN1C(=O)[C@@]2(CC(=O)Nc3c2cnn3-c2ccccc2C)c2ccccc21. The Morgan fingerprint density at radius 1 is 1.03 bits per heavy atom. The van der Waals surface area contributed by atoms with Crippen molar-refractivity contribution in [3.05, 3.63) is 71.4 Å². The van der Waals surface area contributed by atoms with Gasteiger partial charge in [-0.2, -0.15) is 5.10 Å². The van der Waals surface area contributed by atoms with Crippen LogP contribution in [-0.4, -0.2) is 28.1 Å². The first-order chi connectivity index (χ1) is 14.1. The van der Waals surface area contributed by atoms with Gasteiger partial charge < -0.3 is 10.2 Å². The number of benzene rings is 2. The lowest BCUT2D eigenvalue weighted by molar-refractivity contribution is -0.126. The molecule has 1 atom stereocenters. The minimum absolute atomic E-state index is 0.0408. The lowest BCUT2D eigenvalue weighted by Crippen LogP contribution is -2.46. The quantitative estimate of drug-likeness (QED) is 0.748. The van der Waals surface area contributed by atoms with Gasteiger partial charge in [-0.1, -0.05) is 43.3 Å². The molecule has 0 saturated heterocycles. The molecule has 2 aliphatic rings. The highest BCUT2D eigenvalue weighted by atomic mass is 16.2. The van der Waals surface area contributed by atoms with Gasteiger partial charge in [0.15, 0.2) is 0 Å². The van der Waals surface area contributed by atoms with Crippen molar-refractivity contribution in [3.8, 4) is 5.69 Å². The molecule has 1 aromatic heterocycles. The van der Waals surface area contributed by atoms with Crippen molar-refractivity contribution in [2.75, 3.05) is 16.8 Å². The Labute approximate surface area is 169 Å². The molecule has 29 heavy (non-hydrogen) atoms. The second kappa shape index (κ2) is 6.30. The summed E-state index contributed by atoms with van der Waals surface area (Å²) in [5.74, 6) is 0.368. The van der Waals surface area contributed by atoms with Crippen LogP contribution in [0.3, 0.4) is 0 Å². The molecule has 6 heteroatoms. The van der Waals surface area contributed by atoms with Crippen molar-refractivity contribution >= 4 is 23.3 Å². The summed E-state index contributed by atoms with van der Waals surface area (Å²) < 4.78 is 1.74. The Kier molecular flexibility index (Phi) is 3.84. The smallest absolute Gasteiger partial charge is 0.242 e. The Morgan fingerprint density at radius 2 is 1.76 bits per heavy atom. The molecule has 1 spiro atoms. The number of amides is 2. The fourth-order valence-corrected chi connectivity index (χ4v) is 4.68. The van der Waals surface area contributed by atoms with E-state index in [0.717, 1.165) is 34.5 Å². The average Bonchev–Trinajstić information content (AvgIpc) is 3.23. The van der Waals surface area contributed by atoms with Crippen LogP contribution >= 0.6 is 0 Å². The van der Waals surface area contributed by atoms with E-state index in [1.165, 1.54) is 0 Å². The van der Waals surface area contributed by atoms with Gasteiger partial charge >= 0.3 is 0 Å². The van der Waals surface area contributed by atoms with Crippen LogP contribution in [0.25, 0.3) is 5.69 Å². The molecule has 6 nitrogen and oxygen atoms in total. The highest BCUT2D eigenvalue weighted by Crippen LogP contribution is 2.52. The number of hydrogen-bond donors (Lipinski definition) is 1.